The van der Waals surface area contributed by atoms with Crippen LogP contribution in [-0.2, 0) is 0 Å². The van der Waals surface area contributed by atoms with Crippen molar-refractivity contribution in [1.82, 2.24) is 9.97 Å². The zero-order valence-corrected chi connectivity index (χ0v) is 32.8. The first-order chi connectivity index (χ1) is 25.6. The Hall–Kier alpha value is -3.54. The van der Waals surface area contributed by atoms with Crippen molar-refractivity contribution in [2.24, 2.45) is 0 Å². The summed E-state index contributed by atoms with van der Waals surface area (Å²) in [5.74, 6) is 1.63. The monoisotopic (exact) mass is 715 g/mol. The van der Waals surface area contributed by atoms with Crippen LogP contribution in [0.15, 0.2) is 58.1 Å². The molecule has 0 unspecified atom stereocenters. The van der Waals surface area contributed by atoms with E-state index in [0.717, 1.165) is 35.5 Å². The van der Waals surface area contributed by atoms with Crippen LogP contribution < -0.4 is 31.3 Å². The van der Waals surface area contributed by atoms with Gasteiger partial charge in [0.05, 0.1) is 13.2 Å². The van der Waals surface area contributed by atoms with E-state index < -0.39 is 0 Å². The molecule has 0 atom stereocenters. The third-order valence-corrected chi connectivity index (χ3v) is 9.90. The quantitative estimate of drug-likeness (QED) is 0.0673. The van der Waals surface area contributed by atoms with E-state index in [1.807, 2.05) is 48.5 Å². The van der Waals surface area contributed by atoms with Crippen molar-refractivity contribution in [3.63, 3.8) is 0 Å². The number of benzene rings is 2. The Morgan fingerprint density at radius 1 is 0.404 bits per heavy atom. The average molecular weight is 715 g/mol. The van der Waals surface area contributed by atoms with Crippen LogP contribution in [0.1, 0.15) is 179 Å². The lowest BCUT2D eigenvalue weighted by molar-refractivity contribution is 0.304. The molecule has 2 aromatic carbocycles. The molecule has 6 nitrogen and oxygen atoms in total. The molecule has 0 fully saturated rings. The van der Waals surface area contributed by atoms with Crippen molar-refractivity contribution in [2.75, 3.05) is 13.2 Å². The van der Waals surface area contributed by atoms with Gasteiger partial charge in [-0.05, 0) is 60.4 Å². The summed E-state index contributed by atoms with van der Waals surface area (Å²) < 4.78 is 11.9. The number of aromatic nitrogens is 2. The fraction of sp³-hybridized carbons (Fsp3) is 0.609. The van der Waals surface area contributed by atoms with Crippen molar-refractivity contribution >= 4 is 12.2 Å². The summed E-state index contributed by atoms with van der Waals surface area (Å²) in [6.07, 6.45) is 35.1. The van der Waals surface area contributed by atoms with Gasteiger partial charge in [0.1, 0.15) is 22.2 Å². The molecule has 3 rings (SSSR count). The van der Waals surface area contributed by atoms with Crippen LogP contribution in [0.25, 0.3) is 12.2 Å². The summed E-state index contributed by atoms with van der Waals surface area (Å²) in [6, 6.07) is 15.2. The number of nitrogens with one attached hydrogen (secondary N) is 2. The molecule has 0 amide bonds. The number of ether oxygens (including phenoxy) is 2. The second kappa shape index (κ2) is 28.0. The van der Waals surface area contributed by atoms with Gasteiger partial charge in [0, 0.05) is 0 Å². The van der Waals surface area contributed by atoms with Crippen LogP contribution in [-0.4, -0.2) is 23.2 Å². The van der Waals surface area contributed by atoms with Crippen molar-refractivity contribution in [3.8, 4) is 11.5 Å². The number of rotatable bonds is 30. The standard InChI is InChI=1S/C46H70N2O4/c1-3-5-7-9-11-13-15-17-19-21-23-25-35-51-41-31-27-39(28-32-41)37-43-45(49)48-44(46(50)47-43)38-40-29-33-42(34-30-40)52-36-26-24-22-20-18-16-14-12-10-8-6-4-2/h27-34,37-38H,3-26,35-36H2,1-2H3,(H,47,50)(H,48,49)/b43-37-,44-38-. The van der Waals surface area contributed by atoms with Crippen LogP contribution in [0.2, 0.25) is 0 Å². The number of hydrogen-bond acceptors (Lipinski definition) is 4. The lowest BCUT2D eigenvalue weighted by atomic mass is 10.1. The summed E-state index contributed by atoms with van der Waals surface area (Å²) in [5.41, 5.74) is 0.936. The molecule has 0 aliphatic carbocycles. The summed E-state index contributed by atoms with van der Waals surface area (Å²) in [5, 5.41) is 0.433. The van der Waals surface area contributed by atoms with Gasteiger partial charge < -0.3 is 19.4 Å². The molecule has 0 saturated carbocycles. The minimum absolute atomic E-state index is 0.217. The van der Waals surface area contributed by atoms with E-state index in [2.05, 4.69) is 23.8 Å². The van der Waals surface area contributed by atoms with Gasteiger partial charge in [-0.2, -0.15) is 0 Å². The Bertz CT molecular complexity index is 1440. The van der Waals surface area contributed by atoms with Crippen molar-refractivity contribution < 1.29 is 9.47 Å². The van der Waals surface area contributed by atoms with E-state index in [9.17, 15) is 9.59 Å². The zero-order chi connectivity index (χ0) is 36.9. The molecule has 3 aromatic rings. The minimum Gasteiger partial charge on any atom is -0.494 e. The minimum atomic E-state index is -0.347. The van der Waals surface area contributed by atoms with E-state index in [-0.39, 0.29) is 21.8 Å². The maximum absolute atomic E-state index is 12.8. The molecule has 52 heavy (non-hydrogen) atoms. The Morgan fingerprint density at radius 2 is 0.673 bits per heavy atom. The molecule has 0 spiro atoms. The highest BCUT2D eigenvalue weighted by atomic mass is 16.5. The smallest absolute Gasteiger partial charge is 0.272 e. The first-order valence-electron chi connectivity index (χ1n) is 21.1. The molecule has 1 aromatic heterocycles. The van der Waals surface area contributed by atoms with E-state index >= 15 is 0 Å². The van der Waals surface area contributed by atoms with E-state index in [1.54, 1.807) is 12.2 Å². The van der Waals surface area contributed by atoms with Crippen molar-refractivity contribution in [3.05, 3.63) is 91.1 Å². The van der Waals surface area contributed by atoms with Gasteiger partial charge in [0.15, 0.2) is 0 Å². The number of hydrogen-bond donors (Lipinski definition) is 2. The zero-order valence-electron chi connectivity index (χ0n) is 32.8. The lowest BCUT2D eigenvalue weighted by Gasteiger charge is -2.07. The Kier molecular flexibility index (Phi) is 23.1. The summed E-state index contributed by atoms with van der Waals surface area (Å²) >= 11 is 0. The van der Waals surface area contributed by atoms with Crippen LogP contribution in [0, 0.1) is 0 Å². The number of aromatic amines is 2. The Balaban J connectivity index is 1.33. The van der Waals surface area contributed by atoms with Gasteiger partial charge in [-0.1, -0.05) is 179 Å². The molecule has 2 N–H and O–H groups in total. The van der Waals surface area contributed by atoms with E-state index in [4.69, 9.17) is 9.47 Å². The lowest BCUT2D eigenvalue weighted by Crippen LogP contribution is -2.46. The van der Waals surface area contributed by atoms with Gasteiger partial charge in [0.2, 0.25) is 0 Å². The number of unbranched alkanes of at least 4 members (excludes halogenated alkanes) is 22. The highest BCUT2D eigenvalue weighted by molar-refractivity contribution is 5.51. The average Bonchev–Trinajstić information content (AvgIpc) is 3.15. The van der Waals surface area contributed by atoms with Gasteiger partial charge in [-0.3, -0.25) is 9.59 Å². The SMILES string of the molecule is CCCCCCCCCCCCCCOc1ccc(/C=c2\[nH]c(=O)/c(=C/c3ccc(OCCCCCCCCCCCCCC)cc3)[nH]c2=O)cc1. The normalized spacial score (nSPS) is 12.1. The molecule has 6 heteroatoms. The van der Waals surface area contributed by atoms with Crippen molar-refractivity contribution in [1.29, 1.82) is 0 Å². The molecule has 288 valence electrons. The van der Waals surface area contributed by atoms with Gasteiger partial charge in [0.25, 0.3) is 11.1 Å². The van der Waals surface area contributed by atoms with Crippen molar-refractivity contribution in [2.45, 2.75) is 168 Å². The fourth-order valence-corrected chi connectivity index (χ4v) is 6.62. The third-order valence-electron chi connectivity index (χ3n) is 9.90. The molecule has 0 bridgehead atoms. The third kappa shape index (κ3) is 19.3. The molecular formula is C46H70N2O4. The molecular weight excluding hydrogens is 645 g/mol. The topological polar surface area (TPSA) is 84.2 Å². The van der Waals surface area contributed by atoms with Gasteiger partial charge >= 0.3 is 0 Å². The van der Waals surface area contributed by atoms with E-state index in [1.165, 1.54) is 141 Å². The van der Waals surface area contributed by atoms with Gasteiger partial charge in [-0.25, -0.2) is 0 Å². The fourth-order valence-electron chi connectivity index (χ4n) is 6.62. The van der Waals surface area contributed by atoms with Crippen LogP contribution >= 0.6 is 0 Å². The van der Waals surface area contributed by atoms with Gasteiger partial charge in [-0.15, -0.1) is 0 Å². The molecule has 0 saturated heterocycles. The Labute approximate surface area is 314 Å². The van der Waals surface area contributed by atoms with Crippen LogP contribution in [0.3, 0.4) is 0 Å². The predicted octanol–water partition coefficient (Wildman–Crippen LogP) is 10.9. The first-order valence-corrected chi connectivity index (χ1v) is 21.1. The van der Waals surface area contributed by atoms with E-state index in [0.29, 0.717) is 13.2 Å². The highest BCUT2D eigenvalue weighted by Crippen LogP contribution is 2.16. The summed E-state index contributed by atoms with van der Waals surface area (Å²) in [4.78, 5) is 31.2. The highest BCUT2D eigenvalue weighted by Gasteiger charge is 2.01. The van der Waals surface area contributed by atoms with Crippen LogP contribution in [0.4, 0.5) is 0 Å². The van der Waals surface area contributed by atoms with Crippen LogP contribution in [0.5, 0.6) is 11.5 Å². The molecule has 0 radical (unpaired) electrons. The summed E-state index contributed by atoms with van der Waals surface area (Å²) in [7, 11) is 0. The second-order valence-electron chi connectivity index (χ2n) is 14.6. The molecule has 1 heterocycles. The molecule has 0 aliphatic rings. The number of H-pyrrole nitrogens is 2. The maximum Gasteiger partial charge on any atom is 0.272 e. The second-order valence-corrected chi connectivity index (χ2v) is 14.6. The predicted molar refractivity (Wildman–Crippen MR) is 220 cm³/mol. The largest absolute Gasteiger partial charge is 0.494 e. The Morgan fingerprint density at radius 3 is 0.962 bits per heavy atom. The first kappa shape index (κ1) is 42.9. The summed E-state index contributed by atoms with van der Waals surface area (Å²) in [6.45, 7) is 5.96. The molecule has 0 aliphatic heterocycles. The maximum atomic E-state index is 12.8.